The fourth-order valence-electron chi connectivity index (χ4n) is 1.94. The van der Waals surface area contributed by atoms with E-state index in [2.05, 4.69) is 20.3 Å². The molecule has 11 heteroatoms. The van der Waals surface area contributed by atoms with E-state index in [9.17, 15) is 20.5 Å². The number of nitro benzene ring substituents is 1. The molecule has 10 nitrogen and oxygen atoms in total. The van der Waals surface area contributed by atoms with Crippen LogP contribution in [-0.2, 0) is 0 Å². The van der Waals surface area contributed by atoms with Gasteiger partial charge < -0.3 is 5.11 Å². The average molecular weight is 370 g/mol. The Bertz CT molecular complexity index is 1050. The van der Waals surface area contributed by atoms with Crippen LogP contribution in [0.4, 0.5) is 17.3 Å². The third-order valence-electron chi connectivity index (χ3n) is 3.21. The summed E-state index contributed by atoms with van der Waals surface area (Å²) >= 11 is 5.76. The average Bonchev–Trinajstić information content (AvgIpc) is 3.06. The van der Waals surface area contributed by atoms with Crippen molar-refractivity contribution in [3.8, 4) is 17.5 Å². The summed E-state index contributed by atoms with van der Waals surface area (Å²) in [5.41, 5.74) is 0.605. The Hall–Kier alpha value is -3.84. The van der Waals surface area contributed by atoms with Crippen molar-refractivity contribution < 1.29 is 10.0 Å². The van der Waals surface area contributed by atoms with Gasteiger partial charge in [-0.25, -0.2) is 9.67 Å². The van der Waals surface area contributed by atoms with Crippen molar-refractivity contribution in [3.63, 3.8) is 0 Å². The van der Waals surface area contributed by atoms with Crippen LogP contribution in [0.1, 0.15) is 5.56 Å². The lowest BCUT2D eigenvalue weighted by Gasteiger charge is -1.99. The summed E-state index contributed by atoms with van der Waals surface area (Å²) in [5, 5.41) is 41.1. The fourth-order valence-corrected chi connectivity index (χ4v) is 2.09. The van der Waals surface area contributed by atoms with Gasteiger partial charge in [0.15, 0.2) is 11.6 Å². The highest BCUT2D eigenvalue weighted by atomic mass is 35.5. The summed E-state index contributed by atoms with van der Waals surface area (Å²) in [6.45, 7) is 0. The molecule has 2 heterocycles. The molecule has 0 radical (unpaired) electrons. The van der Waals surface area contributed by atoms with Gasteiger partial charge in [-0.05, 0) is 12.1 Å². The Morgan fingerprint density at radius 2 is 2.04 bits per heavy atom. The van der Waals surface area contributed by atoms with Crippen LogP contribution < -0.4 is 0 Å². The number of hydrogen-bond acceptors (Lipinski definition) is 8. The Labute approximate surface area is 150 Å². The zero-order valence-corrected chi connectivity index (χ0v) is 13.6. The number of nitriles is 1. The smallest absolute Gasteiger partial charge is 0.269 e. The van der Waals surface area contributed by atoms with E-state index in [0.717, 1.165) is 6.20 Å². The van der Waals surface area contributed by atoms with Crippen LogP contribution >= 0.6 is 11.6 Å². The van der Waals surface area contributed by atoms with Gasteiger partial charge in [0.2, 0.25) is 5.82 Å². The van der Waals surface area contributed by atoms with Crippen molar-refractivity contribution >= 4 is 28.9 Å². The molecule has 0 atom stereocenters. The second kappa shape index (κ2) is 6.96. The summed E-state index contributed by atoms with van der Waals surface area (Å²) < 4.78 is 1.36. The summed E-state index contributed by atoms with van der Waals surface area (Å²) in [4.78, 5) is 14.0. The van der Waals surface area contributed by atoms with Crippen molar-refractivity contribution in [2.45, 2.75) is 0 Å². The van der Waals surface area contributed by atoms with Gasteiger partial charge in [0, 0.05) is 18.2 Å². The predicted octanol–water partition coefficient (Wildman–Crippen LogP) is 3.82. The highest BCUT2D eigenvalue weighted by Crippen LogP contribution is 2.27. The molecule has 0 aliphatic rings. The number of pyridine rings is 1. The van der Waals surface area contributed by atoms with Crippen LogP contribution in [0.25, 0.3) is 5.69 Å². The summed E-state index contributed by atoms with van der Waals surface area (Å²) in [6, 6.07) is 8.89. The van der Waals surface area contributed by atoms with Gasteiger partial charge in [0.25, 0.3) is 5.69 Å². The van der Waals surface area contributed by atoms with Gasteiger partial charge in [-0.2, -0.15) is 5.26 Å². The van der Waals surface area contributed by atoms with Crippen LogP contribution in [0, 0.1) is 21.4 Å². The van der Waals surface area contributed by atoms with Gasteiger partial charge in [0.05, 0.1) is 28.0 Å². The second-order valence-corrected chi connectivity index (χ2v) is 5.30. The number of benzene rings is 1. The van der Waals surface area contributed by atoms with Crippen molar-refractivity contribution in [1.82, 2.24) is 14.8 Å². The van der Waals surface area contributed by atoms with E-state index in [-0.39, 0.29) is 33.7 Å². The molecule has 0 amide bonds. The van der Waals surface area contributed by atoms with Gasteiger partial charge in [-0.1, -0.05) is 11.6 Å². The van der Waals surface area contributed by atoms with E-state index < -0.39 is 4.92 Å². The molecule has 128 valence electrons. The Morgan fingerprint density at radius 1 is 1.31 bits per heavy atom. The predicted molar refractivity (Wildman–Crippen MR) is 90.0 cm³/mol. The van der Waals surface area contributed by atoms with E-state index in [1.165, 1.54) is 41.2 Å². The number of hydrogen-bond donors (Lipinski definition) is 1. The minimum Gasteiger partial charge on any atom is -0.505 e. The van der Waals surface area contributed by atoms with Gasteiger partial charge in [0.1, 0.15) is 11.6 Å². The Morgan fingerprint density at radius 3 is 2.65 bits per heavy atom. The molecule has 0 bridgehead atoms. The van der Waals surface area contributed by atoms with Crippen LogP contribution in [-0.4, -0.2) is 24.8 Å². The van der Waals surface area contributed by atoms with E-state index >= 15 is 0 Å². The fraction of sp³-hybridized carbons (Fsp3) is 0. The third kappa shape index (κ3) is 3.47. The van der Waals surface area contributed by atoms with E-state index in [4.69, 9.17) is 11.6 Å². The topological polar surface area (TPSA) is 143 Å². The lowest BCUT2D eigenvalue weighted by Crippen LogP contribution is -1.95. The maximum Gasteiger partial charge on any atom is 0.269 e. The molecule has 0 saturated heterocycles. The maximum atomic E-state index is 10.7. The first-order chi connectivity index (χ1) is 12.5. The van der Waals surface area contributed by atoms with Crippen molar-refractivity contribution in [3.05, 3.63) is 63.4 Å². The zero-order valence-electron chi connectivity index (χ0n) is 12.8. The van der Waals surface area contributed by atoms with Crippen LogP contribution in [0.5, 0.6) is 5.75 Å². The lowest BCUT2D eigenvalue weighted by atomic mass is 10.3. The zero-order chi connectivity index (χ0) is 18.7. The minimum absolute atomic E-state index is 0.0388. The Balaban J connectivity index is 1.91. The SMILES string of the molecule is N#Cc1cn(-c2ccc([N+](=O)[O-])cc2)nc1N=Nc1cc(Cl)c(O)cn1. The number of rotatable bonds is 4. The van der Waals surface area contributed by atoms with E-state index in [1.54, 1.807) is 0 Å². The minimum atomic E-state index is -0.511. The number of halogens is 1. The first kappa shape index (κ1) is 17.0. The van der Waals surface area contributed by atoms with Crippen LogP contribution in [0.15, 0.2) is 53.0 Å². The summed E-state index contributed by atoms with van der Waals surface area (Å²) in [7, 11) is 0. The lowest BCUT2D eigenvalue weighted by molar-refractivity contribution is -0.384. The molecule has 3 aromatic rings. The molecular weight excluding hydrogens is 362 g/mol. The summed E-state index contributed by atoms with van der Waals surface area (Å²) in [5.74, 6) is -0.0239. The quantitative estimate of drug-likeness (QED) is 0.420. The van der Waals surface area contributed by atoms with E-state index in [1.807, 2.05) is 6.07 Å². The normalized spacial score (nSPS) is 10.8. The first-order valence-electron chi connectivity index (χ1n) is 6.99. The number of nitro groups is 1. The molecule has 0 saturated carbocycles. The molecule has 0 aliphatic heterocycles. The van der Waals surface area contributed by atoms with Crippen molar-refractivity contribution in [2.75, 3.05) is 0 Å². The summed E-state index contributed by atoms with van der Waals surface area (Å²) in [6.07, 6.45) is 2.55. The highest BCUT2D eigenvalue weighted by Gasteiger charge is 2.11. The molecule has 0 unspecified atom stereocenters. The molecule has 2 aromatic heterocycles. The van der Waals surface area contributed by atoms with Gasteiger partial charge >= 0.3 is 0 Å². The second-order valence-electron chi connectivity index (χ2n) is 4.89. The highest BCUT2D eigenvalue weighted by molar-refractivity contribution is 6.32. The number of non-ortho nitro benzene ring substituents is 1. The van der Waals surface area contributed by atoms with Gasteiger partial charge in [-0.3, -0.25) is 10.1 Å². The Kier molecular flexibility index (Phi) is 4.55. The van der Waals surface area contributed by atoms with Gasteiger partial charge in [-0.15, -0.1) is 15.3 Å². The van der Waals surface area contributed by atoms with Crippen molar-refractivity contribution in [1.29, 1.82) is 5.26 Å². The maximum absolute atomic E-state index is 10.7. The molecule has 1 aromatic carbocycles. The number of azo groups is 1. The molecule has 3 rings (SSSR count). The molecule has 0 aliphatic carbocycles. The molecular formula is C15H8ClN7O3. The molecule has 26 heavy (non-hydrogen) atoms. The number of aromatic nitrogens is 3. The molecule has 1 N–H and O–H groups in total. The largest absolute Gasteiger partial charge is 0.505 e. The standard InChI is InChI=1S/C15H8ClN7O3/c16-12-5-14(18-7-13(12)24)19-20-15-9(6-17)8-22(21-15)10-1-3-11(4-2-10)23(25)26/h1-5,7-8,24H. The van der Waals surface area contributed by atoms with Crippen molar-refractivity contribution in [2.24, 2.45) is 10.2 Å². The van der Waals surface area contributed by atoms with Crippen LogP contribution in [0.2, 0.25) is 5.02 Å². The first-order valence-corrected chi connectivity index (χ1v) is 7.36. The van der Waals surface area contributed by atoms with Crippen LogP contribution in [0.3, 0.4) is 0 Å². The molecule has 0 spiro atoms. The number of nitrogens with zero attached hydrogens (tertiary/aromatic N) is 7. The van der Waals surface area contributed by atoms with E-state index in [0.29, 0.717) is 5.69 Å². The number of aromatic hydroxyl groups is 1. The monoisotopic (exact) mass is 369 g/mol. The third-order valence-corrected chi connectivity index (χ3v) is 3.51. The molecule has 0 fully saturated rings.